The molecule has 1 amide bonds. The smallest absolute Gasteiger partial charge is 0.337 e. The van der Waals surface area contributed by atoms with E-state index in [2.05, 4.69) is 5.32 Å². The fraction of sp³-hybridized carbons (Fsp3) is 0.444. The van der Waals surface area contributed by atoms with Crippen LogP contribution in [0.2, 0.25) is 0 Å². The summed E-state index contributed by atoms with van der Waals surface area (Å²) in [6.07, 6.45) is 5.77. The highest BCUT2D eigenvalue weighted by molar-refractivity contribution is 6.01. The van der Waals surface area contributed by atoms with Crippen LogP contribution in [-0.4, -0.2) is 30.1 Å². The summed E-state index contributed by atoms with van der Waals surface area (Å²) in [5, 5.41) is 12.1. The number of nitrogens with one attached hydrogen (secondary N) is 1. The third kappa shape index (κ3) is 4.13. The predicted octanol–water partition coefficient (Wildman–Crippen LogP) is 3.58. The lowest BCUT2D eigenvalue weighted by atomic mass is 10.1. The minimum absolute atomic E-state index is 0.0298. The molecule has 0 aromatic heterocycles. The Balaban J connectivity index is 1.73. The van der Waals surface area contributed by atoms with E-state index >= 15 is 0 Å². The molecule has 1 fully saturated rings. The van der Waals surface area contributed by atoms with E-state index in [9.17, 15) is 19.1 Å². The Morgan fingerprint density at radius 1 is 1.33 bits per heavy atom. The number of aromatic carboxylic acids is 1. The fourth-order valence-corrected chi connectivity index (χ4v) is 2.89. The predicted molar refractivity (Wildman–Crippen MR) is 90.0 cm³/mol. The van der Waals surface area contributed by atoms with Crippen molar-refractivity contribution >= 4 is 23.3 Å². The van der Waals surface area contributed by atoms with Crippen LogP contribution in [0.4, 0.5) is 15.8 Å². The van der Waals surface area contributed by atoms with E-state index in [1.54, 1.807) is 23.1 Å². The third-order valence-corrected chi connectivity index (χ3v) is 4.46. The van der Waals surface area contributed by atoms with Crippen LogP contribution in [0.25, 0.3) is 0 Å². The molecule has 0 bridgehead atoms. The molecule has 24 heavy (non-hydrogen) atoms. The summed E-state index contributed by atoms with van der Waals surface area (Å²) in [6, 6.07) is 4.81. The van der Waals surface area contributed by atoms with Gasteiger partial charge in [0.25, 0.3) is 0 Å². The van der Waals surface area contributed by atoms with Gasteiger partial charge in [0, 0.05) is 18.7 Å². The average molecular weight is 332 g/mol. The highest BCUT2D eigenvalue weighted by Gasteiger charge is 2.23. The number of halogens is 1. The van der Waals surface area contributed by atoms with Gasteiger partial charge in [-0.25, -0.2) is 9.18 Å². The molecule has 1 heterocycles. The third-order valence-electron chi connectivity index (χ3n) is 4.46. The molecule has 2 N–H and O–H groups in total. The van der Waals surface area contributed by atoms with Crippen molar-refractivity contribution in [1.29, 1.82) is 0 Å². The van der Waals surface area contributed by atoms with Gasteiger partial charge in [0.15, 0.2) is 0 Å². The molecule has 2 aliphatic rings. The summed E-state index contributed by atoms with van der Waals surface area (Å²) in [7, 11) is 0. The Hall–Kier alpha value is -2.37. The Kier molecular flexibility index (Phi) is 4.83. The summed E-state index contributed by atoms with van der Waals surface area (Å²) >= 11 is 0. The Morgan fingerprint density at radius 2 is 2.12 bits per heavy atom. The number of carboxylic acids is 1. The lowest BCUT2D eigenvalue weighted by molar-refractivity contribution is -0.116. The van der Waals surface area contributed by atoms with Crippen molar-refractivity contribution in [3.63, 3.8) is 0 Å². The lowest BCUT2D eigenvalue weighted by Crippen LogP contribution is -2.29. The van der Waals surface area contributed by atoms with E-state index in [0.717, 1.165) is 6.42 Å². The van der Waals surface area contributed by atoms with E-state index in [1.807, 2.05) is 0 Å². The summed E-state index contributed by atoms with van der Waals surface area (Å²) < 4.78 is 13.4. The number of amides is 1. The van der Waals surface area contributed by atoms with Crippen LogP contribution >= 0.6 is 0 Å². The maximum atomic E-state index is 13.4. The maximum absolute atomic E-state index is 13.4. The van der Waals surface area contributed by atoms with E-state index in [1.165, 1.54) is 18.9 Å². The summed E-state index contributed by atoms with van der Waals surface area (Å²) in [5.74, 6) is -0.832. The second-order valence-corrected chi connectivity index (χ2v) is 6.43. The van der Waals surface area contributed by atoms with Crippen molar-refractivity contribution < 1.29 is 19.1 Å². The summed E-state index contributed by atoms with van der Waals surface area (Å²) in [4.78, 5) is 25.3. The van der Waals surface area contributed by atoms with Gasteiger partial charge in [-0.05, 0) is 43.0 Å². The van der Waals surface area contributed by atoms with E-state index in [4.69, 9.17) is 0 Å². The number of carbonyl (C=O) groups is 2. The van der Waals surface area contributed by atoms with Gasteiger partial charge in [0.05, 0.1) is 17.8 Å². The molecule has 1 saturated carbocycles. The molecular formula is C18H21FN2O3. The Bertz CT molecular complexity index is 683. The highest BCUT2D eigenvalue weighted by Crippen LogP contribution is 2.33. The molecule has 5 nitrogen and oxygen atoms in total. The zero-order valence-corrected chi connectivity index (χ0v) is 13.4. The number of hydrogen-bond donors (Lipinski definition) is 2. The van der Waals surface area contributed by atoms with E-state index in [0.29, 0.717) is 36.7 Å². The van der Waals surface area contributed by atoms with Crippen molar-refractivity contribution in [2.75, 3.05) is 23.3 Å². The Labute approximate surface area is 140 Å². The maximum Gasteiger partial charge on any atom is 0.337 e. The van der Waals surface area contributed by atoms with Crippen molar-refractivity contribution in [1.82, 2.24) is 0 Å². The van der Waals surface area contributed by atoms with Crippen LogP contribution in [0.15, 0.2) is 30.1 Å². The normalized spacial score (nSPS) is 17.4. The molecule has 128 valence electrons. The van der Waals surface area contributed by atoms with Crippen LogP contribution in [-0.2, 0) is 4.79 Å². The van der Waals surface area contributed by atoms with Crippen LogP contribution < -0.4 is 10.2 Å². The van der Waals surface area contributed by atoms with Crippen LogP contribution in [0.5, 0.6) is 0 Å². The van der Waals surface area contributed by atoms with Crippen molar-refractivity contribution in [3.05, 3.63) is 35.7 Å². The number of benzene rings is 1. The molecule has 1 aromatic carbocycles. The SMILES string of the molecule is O=C(CCC1CC1)Nc1ccc(N2CCC=C(F)C2)cc1C(=O)O. The van der Waals surface area contributed by atoms with Gasteiger partial charge in [0.1, 0.15) is 5.83 Å². The molecule has 0 spiro atoms. The van der Waals surface area contributed by atoms with Gasteiger partial charge >= 0.3 is 5.97 Å². The monoisotopic (exact) mass is 332 g/mol. The topological polar surface area (TPSA) is 69.6 Å². The van der Waals surface area contributed by atoms with Crippen molar-refractivity contribution in [2.24, 2.45) is 5.92 Å². The number of hydrogen-bond acceptors (Lipinski definition) is 3. The second-order valence-electron chi connectivity index (χ2n) is 6.43. The molecule has 1 aliphatic carbocycles. The van der Waals surface area contributed by atoms with Gasteiger partial charge in [-0.2, -0.15) is 0 Å². The molecule has 6 heteroatoms. The largest absolute Gasteiger partial charge is 0.478 e. The van der Waals surface area contributed by atoms with Crippen LogP contribution in [0.1, 0.15) is 42.5 Å². The molecule has 3 rings (SSSR count). The number of carbonyl (C=O) groups excluding carboxylic acids is 1. The molecule has 0 radical (unpaired) electrons. The first-order chi connectivity index (χ1) is 11.5. The first-order valence-corrected chi connectivity index (χ1v) is 8.29. The molecule has 1 aromatic rings. The number of rotatable bonds is 6. The minimum atomic E-state index is -1.11. The zero-order valence-electron chi connectivity index (χ0n) is 13.4. The number of carboxylic acid groups (broad SMARTS) is 1. The quantitative estimate of drug-likeness (QED) is 0.835. The molecular weight excluding hydrogens is 311 g/mol. The molecule has 0 saturated heterocycles. The fourth-order valence-electron chi connectivity index (χ4n) is 2.89. The van der Waals surface area contributed by atoms with Crippen LogP contribution in [0.3, 0.4) is 0 Å². The average Bonchev–Trinajstić information content (AvgIpc) is 3.37. The van der Waals surface area contributed by atoms with Crippen LogP contribution in [0, 0.1) is 5.92 Å². The Morgan fingerprint density at radius 3 is 2.79 bits per heavy atom. The van der Waals surface area contributed by atoms with Crippen molar-refractivity contribution in [2.45, 2.75) is 32.1 Å². The van der Waals surface area contributed by atoms with Gasteiger partial charge in [-0.1, -0.05) is 12.8 Å². The standard InChI is InChI=1S/C18H21FN2O3/c19-13-2-1-9-21(11-13)14-6-7-16(15(10-14)18(23)24)20-17(22)8-5-12-3-4-12/h2,6-7,10,12H,1,3-5,8-9,11H2,(H,20,22)(H,23,24). The minimum Gasteiger partial charge on any atom is -0.478 e. The number of nitrogens with zero attached hydrogens (tertiary/aromatic N) is 1. The second kappa shape index (κ2) is 7.03. The summed E-state index contributed by atoms with van der Waals surface area (Å²) in [5.41, 5.74) is 0.967. The van der Waals surface area contributed by atoms with Gasteiger partial charge in [-0.15, -0.1) is 0 Å². The first kappa shape index (κ1) is 16.5. The van der Waals surface area contributed by atoms with E-state index in [-0.39, 0.29) is 23.8 Å². The zero-order chi connectivity index (χ0) is 17.1. The molecule has 0 unspecified atom stereocenters. The molecule has 0 atom stereocenters. The number of anilines is 2. The van der Waals surface area contributed by atoms with E-state index < -0.39 is 5.97 Å². The first-order valence-electron chi connectivity index (χ1n) is 8.29. The highest BCUT2D eigenvalue weighted by atomic mass is 19.1. The van der Waals surface area contributed by atoms with Gasteiger partial charge in [-0.3, -0.25) is 4.79 Å². The van der Waals surface area contributed by atoms with Crippen molar-refractivity contribution in [3.8, 4) is 0 Å². The van der Waals surface area contributed by atoms with Gasteiger partial charge < -0.3 is 15.3 Å². The molecule has 1 aliphatic heterocycles. The van der Waals surface area contributed by atoms with Gasteiger partial charge in [0.2, 0.25) is 5.91 Å². The summed E-state index contributed by atoms with van der Waals surface area (Å²) in [6.45, 7) is 0.783. The lowest BCUT2D eigenvalue weighted by Gasteiger charge is -2.27.